The van der Waals surface area contributed by atoms with Crippen LogP contribution in [0.15, 0.2) is 18.2 Å². The van der Waals surface area contributed by atoms with Crippen LogP contribution in [0.25, 0.3) is 0 Å². The van der Waals surface area contributed by atoms with Crippen LogP contribution in [0.5, 0.6) is 5.75 Å². The van der Waals surface area contributed by atoms with Gasteiger partial charge in [-0.1, -0.05) is 10.6 Å². The molecule has 1 aromatic heterocycles. The fourth-order valence-electron chi connectivity index (χ4n) is 1.19. The number of hydrogen-bond donors (Lipinski definition) is 1. The maximum absolute atomic E-state index is 13.0. The summed E-state index contributed by atoms with van der Waals surface area (Å²) in [4.78, 5) is 0. The topological polar surface area (TPSA) is 61.0 Å². The Morgan fingerprint density at radius 1 is 1.50 bits per heavy atom. The molecule has 2 N–H and O–H groups in total. The predicted octanol–water partition coefficient (Wildman–Crippen LogP) is 2.15. The summed E-state index contributed by atoms with van der Waals surface area (Å²) in [6, 6.07) is 4.39. The minimum absolute atomic E-state index is 0.201. The van der Waals surface area contributed by atoms with Gasteiger partial charge in [-0.25, -0.2) is 4.39 Å². The first kappa shape index (κ1) is 10.8. The van der Waals surface area contributed by atoms with E-state index in [4.69, 9.17) is 10.5 Å². The Kier molecular flexibility index (Phi) is 3.00. The van der Waals surface area contributed by atoms with Crippen molar-refractivity contribution < 1.29 is 9.13 Å². The molecule has 0 aliphatic rings. The van der Waals surface area contributed by atoms with Crippen molar-refractivity contribution in [1.29, 1.82) is 0 Å². The SMILES string of the molecule is Cc1ccc(F)cc1OCc1nnsc1N. The van der Waals surface area contributed by atoms with Crippen molar-refractivity contribution in [2.45, 2.75) is 13.5 Å². The van der Waals surface area contributed by atoms with Crippen LogP contribution in [0.2, 0.25) is 0 Å². The van der Waals surface area contributed by atoms with Gasteiger partial charge in [0.25, 0.3) is 0 Å². The Balaban J connectivity index is 2.10. The van der Waals surface area contributed by atoms with Crippen molar-refractivity contribution in [2.75, 3.05) is 5.73 Å². The molecule has 1 heterocycles. The molecular weight excluding hydrogens is 229 g/mol. The van der Waals surface area contributed by atoms with E-state index in [-0.39, 0.29) is 12.4 Å². The third kappa shape index (κ3) is 2.27. The number of nitrogens with zero attached hydrogens (tertiary/aromatic N) is 2. The molecule has 0 fully saturated rings. The van der Waals surface area contributed by atoms with Crippen LogP contribution < -0.4 is 10.5 Å². The minimum Gasteiger partial charge on any atom is -0.487 e. The van der Waals surface area contributed by atoms with Gasteiger partial charge in [-0.15, -0.1) is 5.10 Å². The van der Waals surface area contributed by atoms with Gasteiger partial charge in [0.05, 0.1) is 0 Å². The third-order valence-corrected chi connectivity index (χ3v) is 2.70. The molecule has 2 aromatic rings. The van der Waals surface area contributed by atoms with E-state index in [0.29, 0.717) is 16.4 Å². The van der Waals surface area contributed by atoms with E-state index in [0.717, 1.165) is 17.1 Å². The molecule has 2 rings (SSSR count). The predicted molar refractivity (Wildman–Crippen MR) is 59.8 cm³/mol. The second-order valence-electron chi connectivity index (χ2n) is 3.28. The zero-order valence-electron chi connectivity index (χ0n) is 8.61. The number of rotatable bonds is 3. The summed E-state index contributed by atoms with van der Waals surface area (Å²) in [6.45, 7) is 2.05. The Labute approximate surface area is 96.0 Å². The van der Waals surface area contributed by atoms with Crippen molar-refractivity contribution in [3.8, 4) is 5.75 Å². The van der Waals surface area contributed by atoms with Crippen molar-refractivity contribution in [2.24, 2.45) is 0 Å². The van der Waals surface area contributed by atoms with Gasteiger partial charge in [-0.2, -0.15) is 0 Å². The lowest BCUT2D eigenvalue weighted by atomic mass is 10.2. The van der Waals surface area contributed by atoms with E-state index in [1.807, 2.05) is 6.92 Å². The normalized spacial score (nSPS) is 10.4. The van der Waals surface area contributed by atoms with E-state index in [1.165, 1.54) is 12.1 Å². The highest BCUT2D eigenvalue weighted by molar-refractivity contribution is 7.09. The van der Waals surface area contributed by atoms with Crippen LogP contribution in [0.4, 0.5) is 9.39 Å². The van der Waals surface area contributed by atoms with E-state index in [1.54, 1.807) is 6.07 Å². The summed E-state index contributed by atoms with van der Waals surface area (Å²) in [5.41, 5.74) is 7.05. The molecule has 0 bridgehead atoms. The number of nitrogen functional groups attached to an aromatic ring is 1. The minimum atomic E-state index is -0.329. The van der Waals surface area contributed by atoms with Gasteiger partial charge in [-0.3, -0.25) is 0 Å². The first-order valence-corrected chi connectivity index (χ1v) is 5.40. The number of aromatic nitrogens is 2. The highest BCUT2D eigenvalue weighted by Crippen LogP contribution is 2.21. The summed E-state index contributed by atoms with van der Waals surface area (Å²) < 4.78 is 22.1. The number of hydrogen-bond acceptors (Lipinski definition) is 5. The highest BCUT2D eigenvalue weighted by Gasteiger charge is 2.07. The second kappa shape index (κ2) is 4.44. The molecule has 0 saturated heterocycles. The zero-order valence-corrected chi connectivity index (χ0v) is 9.42. The van der Waals surface area contributed by atoms with Crippen molar-refractivity contribution in [3.63, 3.8) is 0 Å². The van der Waals surface area contributed by atoms with Crippen molar-refractivity contribution in [1.82, 2.24) is 9.59 Å². The van der Waals surface area contributed by atoms with Gasteiger partial charge in [0.1, 0.15) is 28.9 Å². The van der Waals surface area contributed by atoms with Gasteiger partial charge in [0.15, 0.2) is 0 Å². The average molecular weight is 239 g/mol. The first-order chi connectivity index (χ1) is 7.66. The smallest absolute Gasteiger partial charge is 0.136 e. The fraction of sp³-hybridized carbons (Fsp3) is 0.200. The Hall–Kier alpha value is -1.69. The molecule has 0 atom stereocenters. The van der Waals surface area contributed by atoms with Gasteiger partial charge >= 0.3 is 0 Å². The first-order valence-electron chi connectivity index (χ1n) is 4.62. The Morgan fingerprint density at radius 2 is 2.31 bits per heavy atom. The monoisotopic (exact) mass is 239 g/mol. The molecule has 0 spiro atoms. The van der Waals surface area contributed by atoms with Gasteiger partial charge in [-0.05, 0) is 18.6 Å². The van der Waals surface area contributed by atoms with E-state index < -0.39 is 0 Å². The molecule has 4 nitrogen and oxygen atoms in total. The van der Waals surface area contributed by atoms with Crippen molar-refractivity contribution >= 4 is 16.5 Å². The number of anilines is 1. The largest absolute Gasteiger partial charge is 0.487 e. The van der Waals surface area contributed by atoms with Gasteiger partial charge < -0.3 is 10.5 Å². The number of halogens is 1. The number of ether oxygens (including phenoxy) is 1. The van der Waals surface area contributed by atoms with Crippen LogP contribution in [-0.2, 0) is 6.61 Å². The maximum atomic E-state index is 13.0. The van der Waals surface area contributed by atoms with Crippen LogP contribution in [-0.4, -0.2) is 9.59 Å². The molecule has 16 heavy (non-hydrogen) atoms. The number of benzene rings is 1. The summed E-state index contributed by atoms with van der Waals surface area (Å²) in [5, 5.41) is 4.33. The Bertz CT molecular complexity index is 501. The molecule has 84 valence electrons. The molecule has 0 saturated carbocycles. The molecule has 0 aliphatic heterocycles. The highest BCUT2D eigenvalue weighted by atomic mass is 32.1. The zero-order chi connectivity index (χ0) is 11.5. The summed E-state index contributed by atoms with van der Waals surface area (Å²) in [7, 11) is 0. The standard InChI is InChI=1S/C10H10FN3OS/c1-6-2-3-7(11)4-9(6)15-5-8-10(12)16-14-13-8/h2-4H,5,12H2,1H3. The second-order valence-corrected chi connectivity index (χ2v) is 4.07. The molecule has 0 aliphatic carbocycles. The molecular formula is C10H10FN3OS. The molecule has 0 unspecified atom stereocenters. The molecule has 0 radical (unpaired) electrons. The van der Waals surface area contributed by atoms with E-state index >= 15 is 0 Å². The number of nitrogens with two attached hydrogens (primary N) is 1. The van der Waals surface area contributed by atoms with Crippen LogP contribution in [0.3, 0.4) is 0 Å². The van der Waals surface area contributed by atoms with Crippen LogP contribution in [0, 0.1) is 12.7 Å². The molecule has 6 heteroatoms. The summed E-state index contributed by atoms with van der Waals surface area (Å²) in [5.74, 6) is 0.164. The third-order valence-electron chi connectivity index (χ3n) is 2.10. The lowest BCUT2D eigenvalue weighted by Gasteiger charge is -2.07. The van der Waals surface area contributed by atoms with Crippen molar-refractivity contribution in [3.05, 3.63) is 35.3 Å². The Morgan fingerprint density at radius 3 is 3.00 bits per heavy atom. The van der Waals surface area contributed by atoms with Crippen LogP contribution in [0.1, 0.15) is 11.3 Å². The van der Waals surface area contributed by atoms with Crippen LogP contribution >= 0.6 is 11.5 Å². The molecule has 0 amide bonds. The average Bonchev–Trinajstić information content (AvgIpc) is 2.66. The molecule has 1 aromatic carbocycles. The fourth-order valence-corrected chi connectivity index (χ4v) is 1.62. The summed E-state index contributed by atoms with van der Waals surface area (Å²) in [6.07, 6.45) is 0. The van der Waals surface area contributed by atoms with E-state index in [9.17, 15) is 4.39 Å². The van der Waals surface area contributed by atoms with Gasteiger partial charge in [0, 0.05) is 17.6 Å². The van der Waals surface area contributed by atoms with E-state index in [2.05, 4.69) is 9.59 Å². The summed E-state index contributed by atoms with van der Waals surface area (Å²) >= 11 is 1.11. The van der Waals surface area contributed by atoms with Gasteiger partial charge in [0.2, 0.25) is 0 Å². The maximum Gasteiger partial charge on any atom is 0.136 e. The quantitative estimate of drug-likeness (QED) is 0.891. The lowest BCUT2D eigenvalue weighted by Crippen LogP contribution is -2.00. The lowest BCUT2D eigenvalue weighted by molar-refractivity contribution is 0.298. The number of aryl methyl sites for hydroxylation is 1.